The number of aromatic amines is 1. The second-order valence-corrected chi connectivity index (χ2v) is 5.62. The Hall–Kier alpha value is -2.31. The van der Waals surface area contributed by atoms with Gasteiger partial charge in [-0.05, 0) is 18.2 Å². The Balaban J connectivity index is 2.31. The third-order valence-corrected chi connectivity index (χ3v) is 3.90. The maximum Gasteiger partial charge on any atom is 0.336 e. The smallest absolute Gasteiger partial charge is 0.336 e. The van der Waals surface area contributed by atoms with Crippen LogP contribution in [0.25, 0.3) is 0 Å². The molecule has 0 bridgehead atoms. The molecule has 0 aliphatic heterocycles. The molecule has 10 heteroatoms. The van der Waals surface area contributed by atoms with Crippen LogP contribution in [0.1, 0.15) is 5.56 Å². The van der Waals surface area contributed by atoms with Crippen LogP contribution in [-0.2, 0) is 10.0 Å². The first-order valence-corrected chi connectivity index (χ1v) is 7.01. The molecule has 0 aliphatic rings. The summed E-state index contributed by atoms with van der Waals surface area (Å²) in [4.78, 5) is 3.63. The van der Waals surface area contributed by atoms with Crippen molar-refractivity contribution in [2.45, 2.75) is 4.90 Å². The zero-order valence-electron chi connectivity index (χ0n) is 10.1. The number of hydrogen-bond donors (Lipinski definition) is 2. The van der Waals surface area contributed by atoms with Gasteiger partial charge in [0.25, 0.3) is 10.0 Å². The van der Waals surface area contributed by atoms with E-state index in [9.17, 15) is 8.42 Å². The topological polar surface area (TPSA) is 121 Å². The highest BCUT2D eigenvalue weighted by Gasteiger charge is 2.18. The van der Waals surface area contributed by atoms with Gasteiger partial charge in [0, 0.05) is 0 Å². The molecule has 1 aromatic heterocycles. The molecule has 0 saturated heterocycles. The molecule has 0 aliphatic carbocycles. The first kappa shape index (κ1) is 14.1. The normalized spacial score (nSPS) is 10.8. The highest BCUT2D eigenvalue weighted by molar-refractivity contribution is 7.92. The van der Waals surface area contributed by atoms with E-state index in [0.717, 1.165) is 0 Å². The number of nitrogens with zero attached hydrogens (tertiary/aromatic N) is 3. The van der Waals surface area contributed by atoms with Crippen molar-refractivity contribution >= 4 is 27.6 Å². The van der Waals surface area contributed by atoms with Gasteiger partial charge in [-0.1, -0.05) is 11.6 Å². The predicted molar refractivity (Wildman–Crippen MR) is 69.9 cm³/mol. The fourth-order valence-corrected chi connectivity index (χ4v) is 2.59. The number of methoxy groups -OCH3 is 1. The molecule has 1 heterocycles. The minimum absolute atomic E-state index is 0.000519. The molecule has 8 nitrogen and oxygen atoms in total. The van der Waals surface area contributed by atoms with Crippen molar-refractivity contribution in [3.8, 4) is 12.1 Å². The van der Waals surface area contributed by atoms with Crippen LogP contribution in [0, 0.1) is 11.3 Å². The highest BCUT2D eigenvalue weighted by Crippen LogP contribution is 2.21. The van der Waals surface area contributed by atoms with Crippen LogP contribution in [0.3, 0.4) is 0 Å². The summed E-state index contributed by atoms with van der Waals surface area (Å²) in [5.41, 5.74) is 0.187. The zero-order chi connectivity index (χ0) is 14.8. The molecule has 0 radical (unpaired) electrons. The summed E-state index contributed by atoms with van der Waals surface area (Å²) < 4.78 is 31.0. The van der Waals surface area contributed by atoms with E-state index in [-0.39, 0.29) is 27.4 Å². The first-order valence-electron chi connectivity index (χ1n) is 5.15. The lowest BCUT2D eigenvalue weighted by Gasteiger charge is -2.05. The lowest BCUT2D eigenvalue weighted by atomic mass is 10.2. The first-order chi connectivity index (χ1) is 9.46. The molecule has 2 N–H and O–H groups in total. The number of rotatable bonds is 4. The van der Waals surface area contributed by atoms with E-state index in [1.807, 2.05) is 6.07 Å². The summed E-state index contributed by atoms with van der Waals surface area (Å²) in [6.45, 7) is 0. The molecular weight excluding hydrogens is 306 g/mol. The maximum atomic E-state index is 12.1. The van der Waals surface area contributed by atoms with Gasteiger partial charge in [-0.15, -0.1) is 5.10 Å². The van der Waals surface area contributed by atoms with Gasteiger partial charge < -0.3 is 4.74 Å². The molecule has 2 aromatic rings. The number of anilines is 1. The van der Waals surface area contributed by atoms with Crippen molar-refractivity contribution in [3.63, 3.8) is 0 Å². The van der Waals surface area contributed by atoms with Crippen molar-refractivity contribution in [2.75, 3.05) is 11.8 Å². The lowest BCUT2D eigenvalue weighted by Crippen LogP contribution is -2.14. The van der Waals surface area contributed by atoms with Crippen LogP contribution in [0.4, 0.5) is 5.95 Å². The van der Waals surface area contributed by atoms with Crippen molar-refractivity contribution < 1.29 is 13.2 Å². The number of H-pyrrole nitrogens is 1. The Morgan fingerprint density at radius 1 is 1.50 bits per heavy atom. The van der Waals surface area contributed by atoms with Gasteiger partial charge >= 0.3 is 6.01 Å². The van der Waals surface area contributed by atoms with E-state index < -0.39 is 10.0 Å². The van der Waals surface area contributed by atoms with Crippen LogP contribution in [0.5, 0.6) is 6.01 Å². The van der Waals surface area contributed by atoms with Crippen LogP contribution in [-0.4, -0.2) is 30.7 Å². The molecule has 20 heavy (non-hydrogen) atoms. The minimum Gasteiger partial charge on any atom is -0.466 e. The van der Waals surface area contributed by atoms with E-state index >= 15 is 0 Å². The summed E-state index contributed by atoms with van der Waals surface area (Å²) >= 11 is 5.79. The molecule has 0 saturated carbocycles. The van der Waals surface area contributed by atoms with Crippen LogP contribution in [0.15, 0.2) is 23.1 Å². The molecule has 2 rings (SSSR count). The molecule has 104 valence electrons. The number of nitriles is 1. The van der Waals surface area contributed by atoms with Gasteiger partial charge in [0.2, 0.25) is 5.95 Å². The molecule has 0 fully saturated rings. The van der Waals surface area contributed by atoms with E-state index in [0.29, 0.717) is 0 Å². The lowest BCUT2D eigenvalue weighted by molar-refractivity contribution is 0.382. The van der Waals surface area contributed by atoms with Gasteiger partial charge in [0.05, 0.1) is 22.6 Å². The molecular formula is C10H8ClN5O3S. The summed E-state index contributed by atoms with van der Waals surface area (Å²) in [5, 5.41) is 14.7. The number of halogens is 1. The third kappa shape index (κ3) is 2.81. The quantitative estimate of drug-likeness (QED) is 0.873. The number of ether oxygens (including phenoxy) is 1. The van der Waals surface area contributed by atoms with Crippen molar-refractivity contribution in [3.05, 3.63) is 28.8 Å². The van der Waals surface area contributed by atoms with Gasteiger partial charge in [0.15, 0.2) is 0 Å². The summed E-state index contributed by atoms with van der Waals surface area (Å²) in [6, 6.07) is 5.60. The van der Waals surface area contributed by atoms with Gasteiger partial charge in [-0.3, -0.25) is 0 Å². The molecule has 0 unspecified atom stereocenters. The monoisotopic (exact) mass is 313 g/mol. The number of sulfonamides is 1. The van der Waals surface area contributed by atoms with Crippen molar-refractivity contribution in [1.29, 1.82) is 5.26 Å². The van der Waals surface area contributed by atoms with Crippen LogP contribution >= 0.6 is 11.6 Å². The van der Waals surface area contributed by atoms with E-state index in [2.05, 4.69) is 19.9 Å². The SMILES string of the molecule is COc1n[nH]c(NS(=O)(=O)c2ccc(C#N)c(Cl)c2)n1. The second kappa shape index (κ2) is 5.36. The third-order valence-electron chi connectivity index (χ3n) is 2.25. The minimum atomic E-state index is -3.89. The number of hydrogen-bond acceptors (Lipinski definition) is 6. The van der Waals surface area contributed by atoms with Crippen molar-refractivity contribution in [1.82, 2.24) is 15.2 Å². The van der Waals surface area contributed by atoms with Crippen LogP contribution < -0.4 is 9.46 Å². The summed E-state index contributed by atoms with van der Waals surface area (Å²) in [7, 11) is -2.54. The Morgan fingerprint density at radius 2 is 2.25 bits per heavy atom. The largest absolute Gasteiger partial charge is 0.466 e. The summed E-state index contributed by atoms with van der Waals surface area (Å²) in [6.07, 6.45) is 0. The van der Waals surface area contributed by atoms with Crippen molar-refractivity contribution in [2.24, 2.45) is 0 Å². The molecule has 0 amide bonds. The fourth-order valence-electron chi connectivity index (χ4n) is 1.32. The van der Waals surface area contributed by atoms with E-state index in [1.165, 1.54) is 25.3 Å². The van der Waals surface area contributed by atoms with Gasteiger partial charge in [0.1, 0.15) is 6.07 Å². The van der Waals surface area contributed by atoms with E-state index in [1.54, 1.807) is 0 Å². The number of benzene rings is 1. The zero-order valence-corrected chi connectivity index (χ0v) is 11.7. The van der Waals surface area contributed by atoms with E-state index in [4.69, 9.17) is 21.6 Å². The van der Waals surface area contributed by atoms with Gasteiger partial charge in [-0.2, -0.15) is 10.2 Å². The summed E-state index contributed by atoms with van der Waals surface area (Å²) in [5.74, 6) is -0.0951. The number of aromatic nitrogens is 3. The fraction of sp³-hybridized carbons (Fsp3) is 0.100. The Kier molecular flexibility index (Phi) is 3.78. The average molecular weight is 314 g/mol. The standard InChI is InChI=1S/C10H8ClN5O3S/c1-19-10-13-9(14-15-10)16-20(17,18)7-3-2-6(5-12)8(11)4-7/h2-4H,1H3,(H2,13,14,15,16). The van der Waals surface area contributed by atoms with Gasteiger partial charge in [-0.25, -0.2) is 18.2 Å². The van der Waals surface area contributed by atoms with Crippen LogP contribution in [0.2, 0.25) is 5.02 Å². The molecule has 1 aromatic carbocycles. The Bertz CT molecular complexity index is 780. The molecule has 0 atom stereocenters. The number of nitrogens with one attached hydrogen (secondary N) is 2. The molecule has 0 spiro atoms. The average Bonchev–Trinajstić information content (AvgIpc) is 2.85. The Morgan fingerprint density at radius 3 is 2.80 bits per heavy atom. The maximum absolute atomic E-state index is 12.1. The predicted octanol–water partition coefficient (Wildman–Crippen LogP) is 1.14. The Labute approximate surface area is 119 Å². The highest BCUT2D eigenvalue weighted by atomic mass is 35.5. The second-order valence-electron chi connectivity index (χ2n) is 3.53.